The monoisotopic (exact) mass is 393 g/mol. The lowest BCUT2D eigenvalue weighted by Gasteiger charge is -2.03. The zero-order valence-corrected chi connectivity index (χ0v) is 16.1. The summed E-state index contributed by atoms with van der Waals surface area (Å²) in [6.07, 6.45) is 0.166. The van der Waals surface area contributed by atoms with Gasteiger partial charge in [-0.2, -0.15) is 0 Å². The highest BCUT2D eigenvalue weighted by atomic mass is 32.1. The molecule has 0 atom stereocenters. The topological polar surface area (TPSA) is 88.2 Å². The normalized spacial score (nSPS) is 10.3. The van der Waals surface area contributed by atoms with Crippen LogP contribution < -0.4 is 10.6 Å². The van der Waals surface area contributed by atoms with Crippen molar-refractivity contribution in [3.05, 3.63) is 76.8 Å². The molecule has 0 aliphatic carbocycles. The summed E-state index contributed by atoms with van der Waals surface area (Å²) in [5.41, 5.74) is 1.81. The number of Topliss-reactive ketones (excluding diaryl/α,β-unsaturated/α-hetero) is 1. The van der Waals surface area contributed by atoms with Crippen LogP contribution in [0.3, 0.4) is 0 Å². The predicted molar refractivity (Wildman–Crippen MR) is 110 cm³/mol. The highest BCUT2D eigenvalue weighted by Crippen LogP contribution is 2.24. The van der Waals surface area contributed by atoms with Gasteiger partial charge in [-0.15, -0.1) is 0 Å². The molecule has 0 fully saturated rings. The summed E-state index contributed by atoms with van der Waals surface area (Å²) in [6.45, 7) is 1.71. The highest BCUT2D eigenvalue weighted by Gasteiger charge is 2.17. The summed E-state index contributed by atoms with van der Waals surface area (Å²) in [5, 5.41) is 5.80. The molecule has 2 amide bonds. The molecule has 0 bridgehead atoms. The Labute approximate surface area is 166 Å². The third kappa shape index (κ3) is 5.11. The first-order valence-corrected chi connectivity index (χ1v) is 9.56. The Kier molecular flexibility index (Phi) is 6.29. The number of carbonyl (C=O) groups is 3. The largest absolute Gasteiger partial charge is 0.321 e. The number of anilines is 2. The van der Waals surface area contributed by atoms with Gasteiger partial charge in [-0.3, -0.25) is 14.4 Å². The number of hydrogen-bond donors (Lipinski definition) is 2. The Morgan fingerprint density at radius 3 is 2.21 bits per heavy atom. The number of amides is 2. The molecular weight excluding hydrogens is 374 g/mol. The van der Waals surface area contributed by atoms with Crippen molar-refractivity contribution >= 4 is 39.8 Å². The van der Waals surface area contributed by atoms with E-state index in [0.717, 1.165) is 11.3 Å². The molecule has 1 heterocycles. The lowest BCUT2D eigenvalue weighted by atomic mass is 10.1. The number of thiazole rings is 1. The van der Waals surface area contributed by atoms with Crippen LogP contribution in [-0.2, 0) is 4.79 Å². The van der Waals surface area contributed by atoms with Crippen LogP contribution >= 0.6 is 11.3 Å². The van der Waals surface area contributed by atoms with Crippen LogP contribution in [0.5, 0.6) is 0 Å². The van der Waals surface area contributed by atoms with Crippen molar-refractivity contribution in [1.82, 2.24) is 4.98 Å². The average molecular weight is 393 g/mol. The van der Waals surface area contributed by atoms with E-state index in [4.69, 9.17) is 0 Å². The first-order valence-electron chi connectivity index (χ1n) is 8.75. The van der Waals surface area contributed by atoms with E-state index in [2.05, 4.69) is 15.6 Å². The molecule has 3 aromatic rings. The number of rotatable bonds is 7. The van der Waals surface area contributed by atoms with E-state index in [1.807, 2.05) is 24.3 Å². The highest BCUT2D eigenvalue weighted by molar-refractivity contribution is 7.17. The van der Waals surface area contributed by atoms with Gasteiger partial charge in [0, 0.05) is 24.1 Å². The second-order valence-corrected chi connectivity index (χ2v) is 7.09. The summed E-state index contributed by atoms with van der Waals surface area (Å²) in [5.74, 6) is -0.678. The molecule has 0 aliphatic heterocycles. The summed E-state index contributed by atoms with van der Waals surface area (Å²) in [4.78, 5) is 41.3. The average Bonchev–Trinajstić information content (AvgIpc) is 3.07. The predicted octanol–water partition coefficient (Wildman–Crippen LogP) is 4.31. The fraction of sp³-hybridized carbons (Fsp3) is 0.143. The lowest BCUT2D eigenvalue weighted by molar-refractivity contribution is -0.116. The molecule has 0 spiro atoms. The second kappa shape index (κ2) is 9.05. The minimum Gasteiger partial charge on any atom is -0.321 e. The van der Waals surface area contributed by atoms with Gasteiger partial charge >= 0.3 is 0 Å². The molecule has 1 aromatic heterocycles. The molecular formula is C21H19N3O3S. The number of carbonyl (C=O) groups excluding carboxylic acids is 3. The van der Waals surface area contributed by atoms with E-state index in [1.54, 1.807) is 43.3 Å². The van der Waals surface area contributed by atoms with E-state index in [0.29, 0.717) is 27.0 Å². The number of nitrogens with zero attached hydrogens (tertiary/aromatic N) is 1. The zero-order chi connectivity index (χ0) is 19.9. The molecule has 6 nitrogen and oxygen atoms in total. The molecule has 28 heavy (non-hydrogen) atoms. The van der Waals surface area contributed by atoms with Crippen molar-refractivity contribution in [2.75, 3.05) is 10.6 Å². The first-order chi connectivity index (χ1) is 13.5. The molecule has 0 aliphatic rings. The van der Waals surface area contributed by atoms with Crippen molar-refractivity contribution < 1.29 is 14.4 Å². The number of aromatic nitrogens is 1. The van der Waals surface area contributed by atoms with E-state index >= 15 is 0 Å². The maximum absolute atomic E-state index is 12.4. The van der Waals surface area contributed by atoms with Crippen molar-refractivity contribution in [1.29, 1.82) is 0 Å². The third-order valence-electron chi connectivity index (χ3n) is 3.96. The van der Waals surface area contributed by atoms with Crippen molar-refractivity contribution in [3.63, 3.8) is 0 Å². The van der Waals surface area contributed by atoms with Gasteiger partial charge in [0.05, 0.1) is 5.69 Å². The van der Waals surface area contributed by atoms with Crippen LogP contribution in [0.4, 0.5) is 10.8 Å². The number of ketones is 1. The summed E-state index contributed by atoms with van der Waals surface area (Å²) in [6, 6.07) is 18.0. The Bertz CT molecular complexity index is 985. The molecule has 0 saturated heterocycles. The number of nitrogens with one attached hydrogen (secondary N) is 2. The fourth-order valence-electron chi connectivity index (χ4n) is 2.55. The summed E-state index contributed by atoms with van der Waals surface area (Å²) >= 11 is 1.11. The molecule has 142 valence electrons. The Morgan fingerprint density at radius 2 is 1.54 bits per heavy atom. The molecule has 0 radical (unpaired) electrons. The number of hydrogen-bond acceptors (Lipinski definition) is 5. The Balaban J connectivity index is 1.56. The minimum atomic E-state index is -0.312. The molecule has 2 N–H and O–H groups in total. The quantitative estimate of drug-likeness (QED) is 0.586. The van der Waals surface area contributed by atoms with Crippen LogP contribution in [0, 0.1) is 6.92 Å². The number of aryl methyl sites for hydroxylation is 1. The lowest BCUT2D eigenvalue weighted by Crippen LogP contribution is -2.13. The maximum Gasteiger partial charge on any atom is 0.267 e. The van der Waals surface area contributed by atoms with E-state index in [9.17, 15) is 14.4 Å². The molecule has 0 saturated carbocycles. The molecule has 2 aromatic carbocycles. The first kappa shape index (κ1) is 19.4. The van der Waals surface area contributed by atoms with Gasteiger partial charge in [0.25, 0.3) is 5.91 Å². The van der Waals surface area contributed by atoms with Crippen LogP contribution in [0.15, 0.2) is 60.7 Å². The standard InChI is InChI=1S/C21H19N3O3S/c1-14-19(20(27)23-16-10-6-3-7-11-16)28-21(22-14)24-18(26)13-12-17(25)15-8-4-2-5-9-15/h2-11H,12-13H2,1H3,(H,23,27)(H,22,24,26). The van der Waals surface area contributed by atoms with Crippen LogP contribution in [0.2, 0.25) is 0 Å². The minimum absolute atomic E-state index is 0.0535. The van der Waals surface area contributed by atoms with Gasteiger partial charge in [-0.25, -0.2) is 4.98 Å². The van der Waals surface area contributed by atoms with Gasteiger partial charge in [0.1, 0.15) is 4.88 Å². The van der Waals surface area contributed by atoms with Crippen LogP contribution in [0.25, 0.3) is 0 Å². The van der Waals surface area contributed by atoms with Gasteiger partial charge in [0.2, 0.25) is 5.91 Å². The fourth-order valence-corrected chi connectivity index (χ4v) is 3.42. The molecule has 3 rings (SSSR count). The van der Waals surface area contributed by atoms with Gasteiger partial charge in [-0.1, -0.05) is 59.9 Å². The van der Waals surface area contributed by atoms with Gasteiger partial charge in [0.15, 0.2) is 10.9 Å². The zero-order valence-electron chi connectivity index (χ0n) is 15.3. The van der Waals surface area contributed by atoms with Crippen molar-refractivity contribution in [2.45, 2.75) is 19.8 Å². The van der Waals surface area contributed by atoms with Crippen molar-refractivity contribution in [2.24, 2.45) is 0 Å². The summed E-state index contributed by atoms with van der Waals surface area (Å²) in [7, 11) is 0. The van der Waals surface area contributed by atoms with E-state index < -0.39 is 0 Å². The molecule has 7 heteroatoms. The number of para-hydroxylation sites is 1. The number of benzene rings is 2. The second-order valence-electron chi connectivity index (χ2n) is 6.09. The SMILES string of the molecule is Cc1nc(NC(=O)CCC(=O)c2ccccc2)sc1C(=O)Nc1ccccc1. The van der Waals surface area contributed by atoms with E-state index in [-0.39, 0.29) is 30.4 Å². The smallest absolute Gasteiger partial charge is 0.267 e. The van der Waals surface area contributed by atoms with Gasteiger partial charge < -0.3 is 10.6 Å². The van der Waals surface area contributed by atoms with E-state index in [1.165, 1.54) is 0 Å². The Morgan fingerprint density at radius 1 is 0.893 bits per heavy atom. The van der Waals surface area contributed by atoms with Crippen LogP contribution in [-0.4, -0.2) is 22.6 Å². The Hall–Kier alpha value is -3.32. The summed E-state index contributed by atoms with van der Waals surface area (Å²) < 4.78 is 0. The van der Waals surface area contributed by atoms with Crippen LogP contribution in [0.1, 0.15) is 38.6 Å². The van der Waals surface area contributed by atoms with Gasteiger partial charge in [-0.05, 0) is 19.1 Å². The van der Waals surface area contributed by atoms with Crippen molar-refractivity contribution in [3.8, 4) is 0 Å². The maximum atomic E-state index is 12.4. The molecule has 0 unspecified atom stereocenters. The third-order valence-corrected chi connectivity index (χ3v) is 5.03.